The molecule has 0 saturated heterocycles. The average molecular weight is 384 g/mol. The molecule has 0 aliphatic heterocycles. The number of primary amides is 1. The molecule has 0 aliphatic rings. The lowest BCUT2D eigenvalue weighted by Gasteiger charge is -2.13. The van der Waals surface area contributed by atoms with Gasteiger partial charge in [-0.1, -0.05) is 12.1 Å². The number of nitrogens with zero attached hydrogens (tertiary/aromatic N) is 1. The fourth-order valence-electron chi connectivity index (χ4n) is 2.37. The predicted octanol–water partition coefficient (Wildman–Crippen LogP) is 3.48. The van der Waals surface area contributed by atoms with Gasteiger partial charge in [0, 0.05) is 16.2 Å². The number of carbonyl (C=O) groups is 1. The molecule has 0 heterocycles. The van der Waals surface area contributed by atoms with Gasteiger partial charge in [-0.25, -0.2) is 0 Å². The van der Waals surface area contributed by atoms with Crippen molar-refractivity contribution in [3.05, 3.63) is 53.1 Å². The summed E-state index contributed by atoms with van der Waals surface area (Å²) in [5.41, 5.74) is 6.17. The smallest absolute Gasteiger partial charge is 0.259 e. The third kappa shape index (κ3) is 5.19. The van der Waals surface area contributed by atoms with Crippen molar-refractivity contribution >= 4 is 23.7 Å². The summed E-state index contributed by atoms with van der Waals surface area (Å²) in [6, 6.07) is 12.6. The first kappa shape index (κ1) is 20.2. The Labute approximate surface area is 162 Å². The molecule has 6 nitrogen and oxygen atoms in total. The molecule has 1 amide bonds. The van der Waals surface area contributed by atoms with E-state index in [4.69, 9.17) is 20.5 Å². The molecule has 0 saturated carbocycles. The fraction of sp³-hybridized carbons (Fsp3) is 0.200. The largest absolute Gasteiger partial charge is 0.504 e. The monoisotopic (exact) mass is 384 g/mol. The second-order valence-corrected chi connectivity index (χ2v) is 6.45. The summed E-state index contributed by atoms with van der Waals surface area (Å²) in [7, 11) is 1.60. The lowest BCUT2D eigenvalue weighted by Crippen LogP contribution is -2.12. The first-order valence-corrected chi connectivity index (χ1v) is 9.14. The molecule has 2 rings (SSSR count). The first-order valence-electron chi connectivity index (χ1n) is 8.16. The van der Waals surface area contributed by atoms with Crippen LogP contribution in [-0.4, -0.2) is 24.7 Å². The summed E-state index contributed by atoms with van der Waals surface area (Å²) < 4.78 is 10.8. The summed E-state index contributed by atoms with van der Waals surface area (Å²) in [5.74, 6) is 0.668. The third-order valence-corrected chi connectivity index (χ3v) is 4.73. The number of amides is 1. The molecule has 0 aromatic heterocycles. The second kappa shape index (κ2) is 9.55. The van der Waals surface area contributed by atoms with E-state index in [0.29, 0.717) is 23.5 Å². The molecule has 27 heavy (non-hydrogen) atoms. The Balaban J connectivity index is 2.39. The van der Waals surface area contributed by atoms with Crippen LogP contribution in [0.25, 0.3) is 6.08 Å². The Morgan fingerprint density at radius 1 is 1.33 bits per heavy atom. The molecular weight excluding hydrogens is 364 g/mol. The van der Waals surface area contributed by atoms with Gasteiger partial charge in [0.25, 0.3) is 5.91 Å². The SMILES string of the molecule is CCOc1cc(/C=C(\C#N)C(N)=O)cc(CSc2ccccc2OC)c1O. The van der Waals surface area contributed by atoms with Crippen LogP contribution in [0.3, 0.4) is 0 Å². The molecule has 3 N–H and O–H groups in total. The van der Waals surface area contributed by atoms with Crippen LogP contribution < -0.4 is 15.2 Å². The van der Waals surface area contributed by atoms with Gasteiger partial charge in [-0.2, -0.15) is 5.26 Å². The van der Waals surface area contributed by atoms with Crippen molar-refractivity contribution in [2.45, 2.75) is 17.6 Å². The van der Waals surface area contributed by atoms with E-state index in [0.717, 1.165) is 10.6 Å². The lowest BCUT2D eigenvalue weighted by atomic mass is 10.1. The number of nitrogens with two attached hydrogens (primary N) is 1. The van der Waals surface area contributed by atoms with Crippen LogP contribution in [0.2, 0.25) is 0 Å². The van der Waals surface area contributed by atoms with Crippen molar-refractivity contribution in [2.75, 3.05) is 13.7 Å². The Bertz CT molecular complexity index is 903. The van der Waals surface area contributed by atoms with Gasteiger partial charge >= 0.3 is 0 Å². The number of ether oxygens (including phenoxy) is 2. The molecule has 0 aliphatic carbocycles. The zero-order valence-electron chi connectivity index (χ0n) is 15.1. The number of hydrogen-bond acceptors (Lipinski definition) is 6. The van der Waals surface area contributed by atoms with Crippen LogP contribution in [0.5, 0.6) is 17.2 Å². The van der Waals surface area contributed by atoms with Gasteiger partial charge < -0.3 is 20.3 Å². The Hall–Kier alpha value is -3.11. The maximum Gasteiger partial charge on any atom is 0.259 e. The molecule has 0 fully saturated rings. The average Bonchev–Trinajstić information content (AvgIpc) is 2.67. The maximum absolute atomic E-state index is 11.3. The van der Waals surface area contributed by atoms with Crippen molar-refractivity contribution < 1.29 is 19.4 Å². The van der Waals surface area contributed by atoms with Gasteiger partial charge in [0.2, 0.25) is 0 Å². The predicted molar refractivity (Wildman–Crippen MR) is 105 cm³/mol. The van der Waals surface area contributed by atoms with E-state index >= 15 is 0 Å². The molecule has 140 valence electrons. The molecule has 0 radical (unpaired) electrons. The summed E-state index contributed by atoms with van der Waals surface area (Å²) in [6.45, 7) is 2.16. The summed E-state index contributed by atoms with van der Waals surface area (Å²) in [4.78, 5) is 12.2. The van der Waals surface area contributed by atoms with Crippen molar-refractivity contribution in [1.82, 2.24) is 0 Å². The molecule has 7 heteroatoms. The van der Waals surface area contributed by atoms with Gasteiger partial charge in [-0.3, -0.25) is 4.79 Å². The highest BCUT2D eigenvalue weighted by molar-refractivity contribution is 7.98. The van der Waals surface area contributed by atoms with E-state index in [-0.39, 0.29) is 17.1 Å². The van der Waals surface area contributed by atoms with E-state index in [1.165, 1.54) is 17.8 Å². The number of para-hydroxylation sites is 1. The van der Waals surface area contributed by atoms with E-state index < -0.39 is 5.91 Å². The molecule has 2 aromatic rings. The van der Waals surface area contributed by atoms with E-state index in [1.807, 2.05) is 24.3 Å². The molecule has 0 atom stereocenters. The van der Waals surface area contributed by atoms with Crippen LogP contribution >= 0.6 is 11.8 Å². The highest BCUT2D eigenvalue weighted by Gasteiger charge is 2.13. The van der Waals surface area contributed by atoms with Crippen molar-refractivity contribution in [3.8, 4) is 23.3 Å². The Morgan fingerprint density at radius 3 is 2.70 bits per heavy atom. The van der Waals surface area contributed by atoms with E-state index in [1.54, 1.807) is 32.2 Å². The number of carbonyl (C=O) groups excluding carboxylic acids is 1. The standard InChI is InChI=1S/C20H20N2O4S/c1-3-26-17-10-13(8-14(11-21)20(22)24)9-15(19(17)23)12-27-18-7-5-4-6-16(18)25-2/h4-10,23H,3,12H2,1-2H3,(H2,22,24)/b14-8+. The molecule has 0 bridgehead atoms. The number of hydrogen-bond donors (Lipinski definition) is 2. The van der Waals surface area contributed by atoms with Crippen molar-refractivity contribution in [1.29, 1.82) is 5.26 Å². The van der Waals surface area contributed by atoms with Gasteiger partial charge in [0.1, 0.15) is 17.4 Å². The summed E-state index contributed by atoms with van der Waals surface area (Å²) in [5, 5.41) is 19.5. The molecule has 2 aromatic carbocycles. The molecule has 0 unspecified atom stereocenters. The Morgan fingerprint density at radius 2 is 2.07 bits per heavy atom. The topological polar surface area (TPSA) is 106 Å². The number of phenolic OH excluding ortho intramolecular Hbond substituents is 1. The number of aromatic hydroxyl groups is 1. The summed E-state index contributed by atoms with van der Waals surface area (Å²) in [6.07, 6.45) is 1.38. The lowest BCUT2D eigenvalue weighted by molar-refractivity contribution is -0.114. The minimum atomic E-state index is -0.812. The van der Waals surface area contributed by atoms with Crippen LogP contribution in [0, 0.1) is 11.3 Å². The number of thioether (sulfide) groups is 1. The number of methoxy groups -OCH3 is 1. The van der Waals surface area contributed by atoms with Crippen LogP contribution in [0.15, 0.2) is 46.9 Å². The number of benzene rings is 2. The van der Waals surface area contributed by atoms with Gasteiger partial charge in [0.15, 0.2) is 11.5 Å². The number of nitriles is 1. The normalized spacial score (nSPS) is 10.9. The zero-order valence-corrected chi connectivity index (χ0v) is 15.9. The minimum absolute atomic E-state index is 0.0222. The highest BCUT2D eigenvalue weighted by atomic mass is 32.2. The zero-order chi connectivity index (χ0) is 19.8. The first-order chi connectivity index (χ1) is 13.0. The van der Waals surface area contributed by atoms with Crippen LogP contribution in [0.1, 0.15) is 18.1 Å². The second-order valence-electron chi connectivity index (χ2n) is 5.43. The van der Waals surface area contributed by atoms with Crippen LogP contribution in [-0.2, 0) is 10.5 Å². The fourth-order valence-corrected chi connectivity index (χ4v) is 3.37. The van der Waals surface area contributed by atoms with Gasteiger partial charge in [0.05, 0.1) is 13.7 Å². The van der Waals surface area contributed by atoms with Crippen LogP contribution in [0.4, 0.5) is 0 Å². The third-order valence-electron chi connectivity index (χ3n) is 3.63. The van der Waals surface area contributed by atoms with Crippen molar-refractivity contribution in [3.63, 3.8) is 0 Å². The van der Waals surface area contributed by atoms with Gasteiger partial charge in [-0.05, 0) is 42.8 Å². The Kier molecular flexibility index (Phi) is 7.15. The minimum Gasteiger partial charge on any atom is -0.504 e. The van der Waals surface area contributed by atoms with E-state index in [9.17, 15) is 9.90 Å². The van der Waals surface area contributed by atoms with Crippen molar-refractivity contribution in [2.24, 2.45) is 5.73 Å². The summed E-state index contributed by atoms with van der Waals surface area (Å²) >= 11 is 1.49. The number of phenols is 1. The maximum atomic E-state index is 11.3. The van der Waals surface area contributed by atoms with Gasteiger partial charge in [-0.15, -0.1) is 11.8 Å². The quantitative estimate of drug-likeness (QED) is 0.410. The van der Waals surface area contributed by atoms with E-state index in [2.05, 4.69) is 0 Å². The molecular formula is C20H20N2O4S. The highest BCUT2D eigenvalue weighted by Crippen LogP contribution is 2.38. The molecule has 0 spiro atoms. The number of rotatable bonds is 8.